The summed E-state index contributed by atoms with van der Waals surface area (Å²) in [7, 11) is 0. The first-order valence-electron chi connectivity index (χ1n) is 6.36. The molecule has 2 rings (SSSR count). The number of anilines is 1. The molecular weight excluding hydrogens is 271 g/mol. The van der Waals surface area contributed by atoms with Crippen LogP contribution in [0.5, 0.6) is 0 Å². The normalized spacial score (nSPS) is 9.90. The molecule has 106 valence electrons. The second-order valence-corrected chi connectivity index (χ2v) is 4.48. The first-order valence-corrected chi connectivity index (χ1v) is 6.36. The second kappa shape index (κ2) is 6.53. The molecule has 4 nitrogen and oxygen atoms in total. The fourth-order valence-corrected chi connectivity index (χ4v) is 1.96. The monoisotopic (exact) mass is 284 g/mol. The van der Waals surface area contributed by atoms with E-state index < -0.39 is 11.8 Å². The van der Waals surface area contributed by atoms with Gasteiger partial charge in [-0.15, -0.1) is 0 Å². The van der Waals surface area contributed by atoms with Gasteiger partial charge in [-0.25, -0.2) is 9.18 Å². The molecule has 0 heterocycles. The molecule has 0 aliphatic heterocycles. The minimum Gasteiger partial charge on any atom is -0.478 e. The number of benzene rings is 2. The zero-order valence-corrected chi connectivity index (χ0v) is 11.1. The number of nitriles is 1. The quantitative estimate of drug-likeness (QED) is 0.885. The predicted octanol–water partition coefficient (Wildman–Crippen LogP) is 3.05. The molecule has 0 saturated heterocycles. The van der Waals surface area contributed by atoms with E-state index in [1.54, 1.807) is 12.1 Å². The van der Waals surface area contributed by atoms with Crippen LogP contribution < -0.4 is 5.32 Å². The molecule has 0 aliphatic rings. The number of carboxylic acid groups (broad SMARTS) is 1. The minimum atomic E-state index is -0.963. The number of nitrogens with zero attached hydrogens (tertiary/aromatic N) is 1. The average molecular weight is 284 g/mol. The van der Waals surface area contributed by atoms with Gasteiger partial charge in [-0.2, -0.15) is 5.26 Å². The Morgan fingerprint density at radius 1 is 1.29 bits per heavy atom. The van der Waals surface area contributed by atoms with E-state index in [0.29, 0.717) is 18.7 Å². The Bertz CT molecular complexity index is 708. The number of carboxylic acids is 1. The van der Waals surface area contributed by atoms with E-state index in [1.165, 1.54) is 24.3 Å². The van der Waals surface area contributed by atoms with Crippen molar-refractivity contribution < 1.29 is 14.3 Å². The Morgan fingerprint density at radius 2 is 2.10 bits per heavy atom. The summed E-state index contributed by atoms with van der Waals surface area (Å²) < 4.78 is 13.0. The van der Waals surface area contributed by atoms with Crippen LogP contribution in [0.1, 0.15) is 21.5 Å². The van der Waals surface area contributed by atoms with Crippen molar-refractivity contribution in [2.24, 2.45) is 0 Å². The van der Waals surface area contributed by atoms with E-state index in [0.717, 1.165) is 5.56 Å². The number of carbonyl (C=O) groups is 1. The molecule has 21 heavy (non-hydrogen) atoms. The van der Waals surface area contributed by atoms with E-state index in [9.17, 15) is 9.18 Å². The molecule has 2 N–H and O–H groups in total. The molecule has 0 amide bonds. The molecule has 2 aromatic carbocycles. The second-order valence-electron chi connectivity index (χ2n) is 4.48. The summed E-state index contributed by atoms with van der Waals surface area (Å²) in [6.07, 6.45) is 0.601. The SMILES string of the molecule is N#Cc1cc(F)ccc1NCCc1cccc(C(=O)O)c1. The molecule has 2 aromatic rings. The van der Waals surface area contributed by atoms with Crippen molar-refractivity contribution in [1.29, 1.82) is 5.26 Å². The van der Waals surface area contributed by atoms with Crippen LogP contribution >= 0.6 is 0 Å². The van der Waals surface area contributed by atoms with Gasteiger partial charge in [0, 0.05) is 6.54 Å². The van der Waals surface area contributed by atoms with E-state index in [2.05, 4.69) is 5.32 Å². The maximum absolute atomic E-state index is 13.0. The van der Waals surface area contributed by atoms with E-state index >= 15 is 0 Å². The summed E-state index contributed by atoms with van der Waals surface area (Å²) in [4.78, 5) is 10.9. The predicted molar refractivity (Wildman–Crippen MR) is 76.7 cm³/mol. The molecule has 0 saturated carbocycles. The third-order valence-electron chi connectivity index (χ3n) is 3.01. The van der Waals surface area contributed by atoms with Crippen molar-refractivity contribution in [1.82, 2.24) is 0 Å². The van der Waals surface area contributed by atoms with Crippen LogP contribution in [0.15, 0.2) is 42.5 Å². The molecular formula is C16H13FN2O2. The largest absolute Gasteiger partial charge is 0.478 e. The molecule has 0 spiro atoms. The van der Waals surface area contributed by atoms with Crippen LogP contribution in [0.25, 0.3) is 0 Å². The molecule has 5 heteroatoms. The number of hydrogen-bond donors (Lipinski definition) is 2. The Balaban J connectivity index is 2.00. The highest BCUT2D eigenvalue weighted by atomic mass is 19.1. The fourth-order valence-electron chi connectivity index (χ4n) is 1.96. The summed E-state index contributed by atoms with van der Waals surface area (Å²) in [5, 5.41) is 20.9. The van der Waals surface area contributed by atoms with Crippen LogP contribution in [0, 0.1) is 17.1 Å². The van der Waals surface area contributed by atoms with Gasteiger partial charge in [-0.3, -0.25) is 0 Å². The average Bonchev–Trinajstić information content (AvgIpc) is 2.49. The summed E-state index contributed by atoms with van der Waals surface area (Å²) in [5.41, 5.74) is 1.93. The molecule has 0 aromatic heterocycles. The number of hydrogen-bond acceptors (Lipinski definition) is 3. The number of rotatable bonds is 5. The molecule has 0 radical (unpaired) electrons. The molecule has 0 unspecified atom stereocenters. The zero-order valence-electron chi connectivity index (χ0n) is 11.1. The van der Waals surface area contributed by atoms with Crippen molar-refractivity contribution >= 4 is 11.7 Å². The highest BCUT2D eigenvalue weighted by Crippen LogP contribution is 2.16. The maximum Gasteiger partial charge on any atom is 0.335 e. The Labute approximate surface area is 121 Å². The lowest BCUT2D eigenvalue weighted by Crippen LogP contribution is -2.07. The van der Waals surface area contributed by atoms with Crippen molar-refractivity contribution in [3.05, 3.63) is 65.0 Å². The van der Waals surface area contributed by atoms with Gasteiger partial charge >= 0.3 is 5.97 Å². The fraction of sp³-hybridized carbons (Fsp3) is 0.125. The van der Waals surface area contributed by atoms with Gasteiger partial charge in [0.15, 0.2) is 0 Å². The first kappa shape index (κ1) is 14.5. The number of nitrogens with one attached hydrogen (secondary N) is 1. The number of aromatic carboxylic acids is 1. The van der Waals surface area contributed by atoms with Gasteiger partial charge in [-0.1, -0.05) is 12.1 Å². The summed E-state index contributed by atoms with van der Waals surface area (Å²) >= 11 is 0. The zero-order chi connectivity index (χ0) is 15.2. The van der Waals surface area contributed by atoms with Gasteiger partial charge in [0.05, 0.1) is 16.8 Å². The molecule has 0 bridgehead atoms. The van der Waals surface area contributed by atoms with Crippen LogP contribution in [-0.4, -0.2) is 17.6 Å². The molecule has 0 aliphatic carbocycles. The van der Waals surface area contributed by atoms with Crippen LogP contribution in [0.2, 0.25) is 0 Å². The van der Waals surface area contributed by atoms with E-state index in [1.807, 2.05) is 12.1 Å². The lowest BCUT2D eigenvalue weighted by molar-refractivity contribution is 0.0696. The van der Waals surface area contributed by atoms with E-state index in [-0.39, 0.29) is 11.1 Å². The minimum absolute atomic E-state index is 0.243. The molecule has 0 atom stereocenters. The van der Waals surface area contributed by atoms with Crippen molar-refractivity contribution in [2.75, 3.05) is 11.9 Å². The van der Waals surface area contributed by atoms with Crippen molar-refractivity contribution in [3.8, 4) is 6.07 Å². The Kier molecular flexibility index (Phi) is 4.52. The standard InChI is InChI=1S/C16H13FN2O2/c17-14-4-5-15(13(9-14)10-18)19-7-6-11-2-1-3-12(8-11)16(20)21/h1-5,8-9,19H,6-7H2,(H,20,21). The van der Waals surface area contributed by atoms with Crippen molar-refractivity contribution in [2.45, 2.75) is 6.42 Å². The van der Waals surface area contributed by atoms with Gasteiger partial charge in [0.25, 0.3) is 0 Å². The van der Waals surface area contributed by atoms with Gasteiger partial charge < -0.3 is 10.4 Å². The highest BCUT2D eigenvalue weighted by Gasteiger charge is 2.05. The van der Waals surface area contributed by atoms with Gasteiger partial charge in [-0.05, 0) is 42.3 Å². The lowest BCUT2D eigenvalue weighted by Gasteiger charge is -2.08. The van der Waals surface area contributed by atoms with Gasteiger partial charge in [0.1, 0.15) is 11.9 Å². The lowest BCUT2D eigenvalue weighted by atomic mass is 10.1. The first-order chi connectivity index (χ1) is 10.1. The van der Waals surface area contributed by atoms with Crippen molar-refractivity contribution in [3.63, 3.8) is 0 Å². The topological polar surface area (TPSA) is 73.1 Å². The summed E-state index contributed by atoms with van der Waals surface area (Å²) in [6.45, 7) is 0.517. The molecule has 0 fully saturated rings. The third-order valence-corrected chi connectivity index (χ3v) is 3.01. The summed E-state index contributed by atoms with van der Waals surface area (Å²) in [5.74, 6) is -1.42. The Morgan fingerprint density at radius 3 is 2.81 bits per heavy atom. The third kappa shape index (κ3) is 3.80. The highest BCUT2D eigenvalue weighted by molar-refractivity contribution is 5.87. The Hall–Kier alpha value is -2.87. The number of halogens is 1. The van der Waals surface area contributed by atoms with Gasteiger partial charge in [0.2, 0.25) is 0 Å². The maximum atomic E-state index is 13.0. The smallest absolute Gasteiger partial charge is 0.335 e. The summed E-state index contributed by atoms with van der Waals surface area (Å²) in [6, 6.07) is 12.6. The van der Waals surface area contributed by atoms with Crippen LogP contribution in [-0.2, 0) is 6.42 Å². The van der Waals surface area contributed by atoms with Crippen LogP contribution in [0.4, 0.5) is 10.1 Å². The van der Waals surface area contributed by atoms with Crippen LogP contribution in [0.3, 0.4) is 0 Å². The van der Waals surface area contributed by atoms with E-state index in [4.69, 9.17) is 10.4 Å².